The van der Waals surface area contributed by atoms with E-state index in [0.717, 1.165) is 5.56 Å². The molecule has 0 fully saturated rings. The number of nitriles is 1. The van der Waals surface area contributed by atoms with Crippen LogP contribution < -0.4 is 0 Å². The third-order valence-electron chi connectivity index (χ3n) is 3.18. The monoisotopic (exact) mass is 372 g/mol. The molecule has 0 aliphatic heterocycles. The lowest BCUT2D eigenvalue weighted by Crippen LogP contribution is -1.92. The topological polar surface area (TPSA) is 106 Å². The van der Waals surface area contributed by atoms with Crippen LogP contribution in [0.1, 0.15) is 11.1 Å². The molecule has 0 bridgehead atoms. The predicted octanol–water partition coefficient (Wildman–Crippen LogP) is 4.46. The van der Waals surface area contributed by atoms with Gasteiger partial charge in [-0.1, -0.05) is 23.4 Å². The zero-order valence-corrected chi connectivity index (χ0v) is 14.1. The van der Waals surface area contributed by atoms with E-state index < -0.39 is 4.92 Å². The number of nitro benzene ring substituents is 1. The molecule has 3 aromatic rings. The molecule has 0 unspecified atom stereocenters. The molecule has 25 heavy (non-hydrogen) atoms. The van der Waals surface area contributed by atoms with Gasteiger partial charge in [0.1, 0.15) is 0 Å². The fourth-order valence-electron chi connectivity index (χ4n) is 2.05. The van der Waals surface area contributed by atoms with E-state index in [1.54, 1.807) is 30.3 Å². The van der Waals surface area contributed by atoms with E-state index in [-0.39, 0.29) is 11.3 Å². The van der Waals surface area contributed by atoms with Crippen molar-refractivity contribution in [2.75, 3.05) is 0 Å². The third kappa shape index (κ3) is 4.15. The zero-order chi connectivity index (χ0) is 17.8. The second-order valence-electron chi connectivity index (χ2n) is 4.93. The van der Waals surface area contributed by atoms with Crippen LogP contribution in [0.3, 0.4) is 0 Å². The summed E-state index contributed by atoms with van der Waals surface area (Å²) in [7, 11) is 0. The average molecular weight is 373 g/mol. The molecule has 9 heteroatoms. The predicted molar refractivity (Wildman–Crippen MR) is 92.1 cm³/mol. The first-order valence-corrected chi connectivity index (χ1v) is 8.32. The third-order valence-corrected chi connectivity index (χ3v) is 4.32. The van der Waals surface area contributed by atoms with Gasteiger partial charge in [0.25, 0.3) is 10.9 Å². The van der Waals surface area contributed by atoms with Crippen molar-refractivity contribution in [3.8, 4) is 17.5 Å². The maximum Gasteiger partial charge on any atom is 0.277 e. The molecule has 0 spiro atoms. The standard InChI is InChI=1S/C16H9ClN4O3S/c17-13-3-1-12(2-4-13)15-19-20-16(24-15)25-9-11-5-10(8-18)6-14(7-11)21(22)23/h1-7H,9H2. The minimum Gasteiger partial charge on any atom is -0.411 e. The number of rotatable bonds is 5. The summed E-state index contributed by atoms with van der Waals surface area (Å²) < 4.78 is 5.56. The number of nitrogens with zero attached hydrogens (tertiary/aromatic N) is 4. The van der Waals surface area contributed by atoms with E-state index in [9.17, 15) is 10.1 Å². The minimum absolute atomic E-state index is 0.123. The van der Waals surface area contributed by atoms with Crippen LogP contribution in [0, 0.1) is 21.4 Å². The van der Waals surface area contributed by atoms with Crippen molar-refractivity contribution >= 4 is 29.1 Å². The molecule has 2 aromatic carbocycles. The van der Waals surface area contributed by atoms with Gasteiger partial charge in [-0.05, 0) is 35.9 Å². The van der Waals surface area contributed by atoms with Crippen molar-refractivity contribution < 1.29 is 9.34 Å². The van der Waals surface area contributed by atoms with Gasteiger partial charge < -0.3 is 4.42 Å². The minimum atomic E-state index is -0.527. The van der Waals surface area contributed by atoms with Crippen molar-refractivity contribution in [3.63, 3.8) is 0 Å². The van der Waals surface area contributed by atoms with Crippen molar-refractivity contribution in [1.82, 2.24) is 10.2 Å². The lowest BCUT2D eigenvalue weighted by Gasteiger charge is -2.00. The van der Waals surface area contributed by atoms with Gasteiger partial charge in [-0.15, -0.1) is 10.2 Å². The summed E-state index contributed by atoms with van der Waals surface area (Å²) in [4.78, 5) is 10.4. The first kappa shape index (κ1) is 17.0. The Balaban J connectivity index is 1.74. The van der Waals surface area contributed by atoms with Gasteiger partial charge >= 0.3 is 0 Å². The van der Waals surface area contributed by atoms with Crippen LogP contribution in [-0.4, -0.2) is 15.1 Å². The Kier molecular flexibility index (Phi) is 4.97. The van der Waals surface area contributed by atoms with Gasteiger partial charge in [-0.25, -0.2) is 0 Å². The van der Waals surface area contributed by atoms with Crippen LogP contribution in [0.25, 0.3) is 11.5 Å². The van der Waals surface area contributed by atoms with Crippen molar-refractivity contribution in [2.45, 2.75) is 11.0 Å². The summed E-state index contributed by atoms with van der Waals surface area (Å²) >= 11 is 7.07. The molecule has 0 radical (unpaired) electrons. The fourth-order valence-corrected chi connectivity index (χ4v) is 2.87. The Morgan fingerprint density at radius 3 is 2.68 bits per heavy atom. The molecule has 0 saturated heterocycles. The maximum absolute atomic E-state index is 10.9. The normalized spacial score (nSPS) is 10.4. The first-order valence-electron chi connectivity index (χ1n) is 6.96. The molecule has 7 nitrogen and oxygen atoms in total. The molecule has 0 aliphatic carbocycles. The van der Waals surface area contributed by atoms with Gasteiger partial charge in [0, 0.05) is 28.5 Å². The van der Waals surface area contributed by atoms with Gasteiger partial charge in [0.05, 0.1) is 16.6 Å². The molecule has 0 amide bonds. The summed E-state index contributed by atoms with van der Waals surface area (Å²) in [6.07, 6.45) is 0. The summed E-state index contributed by atoms with van der Waals surface area (Å²) in [5.41, 5.74) is 1.48. The van der Waals surface area contributed by atoms with Crippen LogP contribution in [0.5, 0.6) is 0 Å². The zero-order valence-electron chi connectivity index (χ0n) is 12.5. The number of halogens is 1. The van der Waals surface area contributed by atoms with Crippen molar-refractivity contribution in [2.24, 2.45) is 0 Å². The number of aromatic nitrogens is 2. The molecule has 124 valence electrons. The van der Waals surface area contributed by atoms with E-state index in [0.29, 0.717) is 27.5 Å². The molecule has 1 heterocycles. The van der Waals surface area contributed by atoms with E-state index in [1.165, 1.54) is 23.9 Å². The number of non-ortho nitro benzene ring substituents is 1. The van der Waals surface area contributed by atoms with Crippen LogP contribution in [0.4, 0.5) is 5.69 Å². The molecule has 0 atom stereocenters. The largest absolute Gasteiger partial charge is 0.411 e. The molecular weight excluding hydrogens is 364 g/mol. The van der Waals surface area contributed by atoms with Crippen molar-refractivity contribution in [3.05, 3.63) is 68.7 Å². The number of nitro groups is 1. The highest BCUT2D eigenvalue weighted by Crippen LogP contribution is 2.28. The Morgan fingerprint density at radius 2 is 2.00 bits per heavy atom. The number of hydrogen-bond acceptors (Lipinski definition) is 7. The summed E-state index contributed by atoms with van der Waals surface area (Å²) in [5, 5.41) is 28.7. The highest BCUT2D eigenvalue weighted by Gasteiger charge is 2.13. The molecule has 0 N–H and O–H groups in total. The lowest BCUT2D eigenvalue weighted by atomic mass is 10.1. The van der Waals surface area contributed by atoms with E-state index in [4.69, 9.17) is 21.3 Å². The average Bonchev–Trinajstić information content (AvgIpc) is 3.09. The Hall–Kier alpha value is -2.89. The summed E-state index contributed by atoms with van der Waals surface area (Å²) in [6.45, 7) is 0. The van der Waals surface area contributed by atoms with E-state index in [1.807, 2.05) is 6.07 Å². The molecule has 0 aliphatic rings. The van der Waals surface area contributed by atoms with Crippen molar-refractivity contribution in [1.29, 1.82) is 5.26 Å². The van der Waals surface area contributed by atoms with Crippen LogP contribution in [0.2, 0.25) is 5.02 Å². The van der Waals surface area contributed by atoms with Crippen LogP contribution in [-0.2, 0) is 5.75 Å². The van der Waals surface area contributed by atoms with Gasteiger partial charge in [-0.2, -0.15) is 5.26 Å². The summed E-state index contributed by atoms with van der Waals surface area (Å²) in [6, 6.07) is 13.1. The van der Waals surface area contributed by atoms with Crippen LogP contribution >= 0.6 is 23.4 Å². The molecule has 0 saturated carbocycles. The van der Waals surface area contributed by atoms with E-state index >= 15 is 0 Å². The highest BCUT2D eigenvalue weighted by molar-refractivity contribution is 7.98. The molecule has 1 aromatic heterocycles. The van der Waals surface area contributed by atoms with Crippen LogP contribution in [0.15, 0.2) is 52.1 Å². The Labute approximate surface area is 151 Å². The Bertz CT molecular complexity index is 966. The second kappa shape index (κ2) is 7.34. The quantitative estimate of drug-likeness (QED) is 0.369. The lowest BCUT2D eigenvalue weighted by molar-refractivity contribution is -0.384. The molecular formula is C16H9ClN4O3S. The number of thioether (sulfide) groups is 1. The maximum atomic E-state index is 10.9. The van der Waals surface area contributed by atoms with Gasteiger partial charge in [0.15, 0.2) is 0 Å². The Morgan fingerprint density at radius 1 is 1.24 bits per heavy atom. The highest BCUT2D eigenvalue weighted by atomic mass is 35.5. The number of benzene rings is 2. The van der Waals surface area contributed by atoms with Gasteiger partial charge in [-0.3, -0.25) is 10.1 Å². The first-order chi connectivity index (χ1) is 12.0. The van der Waals surface area contributed by atoms with E-state index in [2.05, 4.69) is 10.2 Å². The fraction of sp³-hybridized carbons (Fsp3) is 0.0625. The summed E-state index contributed by atoms with van der Waals surface area (Å²) in [5.74, 6) is 0.717. The number of hydrogen-bond donors (Lipinski definition) is 0. The van der Waals surface area contributed by atoms with Gasteiger partial charge in [0.2, 0.25) is 5.89 Å². The SMILES string of the molecule is N#Cc1cc(CSc2nnc(-c3ccc(Cl)cc3)o2)cc([N+](=O)[O-])c1. The molecule has 3 rings (SSSR count). The smallest absolute Gasteiger partial charge is 0.277 e. The second-order valence-corrected chi connectivity index (χ2v) is 6.29.